The van der Waals surface area contributed by atoms with Crippen molar-refractivity contribution in [1.29, 1.82) is 0 Å². The Bertz CT molecular complexity index is 1090. The fourth-order valence-corrected chi connectivity index (χ4v) is 5.22. The van der Waals surface area contributed by atoms with Crippen LogP contribution in [0.4, 0.5) is 9.18 Å². The summed E-state index contributed by atoms with van der Waals surface area (Å²) in [5, 5.41) is 0.900. The Morgan fingerprint density at radius 3 is 2.40 bits per heavy atom. The molecular weight excluding hydrogens is 507 g/mol. The van der Waals surface area contributed by atoms with Crippen LogP contribution in [0.2, 0.25) is 0 Å². The number of carbonyl (C=O) groups is 2. The highest BCUT2D eigenvalue weighted by atomic mass is 19.1. The molecule has 0 bridgehead atoms. The lowest BCUT2D eigenvalue weighted by molar-refractivity contribution is -0.152. The number of benzene rings is 1. The van der Waals surface area contributed by atoms with Gasteiger partial charge in [-0.25, -0.2) is 9.18 Å². The first-order valence-electron chi connectivity index (χ1n) is 15.2. The predicted molar refractivity (Wildman–Crippen MR) is 159 cm³/mol. The number of unbranched alkanes of at least 4 members (excludes halogenated alkanes) is 8. The van der Waals surface area contributed by atoms with Crippen LogP contribution in [-0.4, -0.2) is 41.8 Å². The minimum Gasteiger partial charge on any atom is -0.428 e. The van der Waals surface area contributed by atoms with Gasteiger partial charge in [0.15, 0.2) is 0 Å². The van der Waals surface area contributed by atoms with Gasteiger partial charge in [-0.2, -0.15) is 0 Å². The second kappa shape index (κ2) is 18.3. The second-order valence-corrected chi connectivity index (χ2v) is 10.7. The number of hydrogen-bond acceptors (Lipinski definition) is 4. The van der Waals surface area contributed by atoms with Crippen molar-refractivity contribution in [2.24, 2.45) is 0 Å². The number of nitrogens with one attached hydrogen (secondary N) is 1. The second-order valence-electron chi connectivity index (χ2n) is 10.7. The lowest BCUT2D eigenvalue weighted by Crippen LogP contribution is -2.38. The molecule has 40 heavy (non-hydrogen) atoms. The lowest BCUT2D eigenvalue weighted by atomic mass is 9.89. The van der Waals surface area contributed by atoms with E-state index in [1.807, 2.05) is 6.20 Å². The monoisotopic (exact) mass is 554 g/mol. The molecule has 1 amide bonds. The van der Waals surface area contributed by atoms with Crippen LogP contribution in [0.5, 0.6) is 0 Å². The van der Waals surface area contributed by atoms with Crippen molar-refractivity contribution >= 4 is 23.0 Å². The largest absolute Gasteiger partial charge is 0.428 e. The van der Waals surface area contributed by atoms with Crippen LogP contribution in [0.15, 0.2) is 48.7 Å². The Morgan fingerprint density at radius 2 is 1.65 bits per heavy atom. The molecule has 0 aliphatic carbocycles. The van der Waals surface area contributed by atoms with E-state index in [4.69, 9.17) is 9.47 Å². The molecule has 1 N–H and O–H groups in total. The minimum atomic E-state index is -0.465. The third kappa shape index (κ3) is 11.2. The zero-order chi connectivity index (χ0) is 28.4. The fraction of sp³-hybridized carbons (Fsp3) is 0.576. The number of ether oxygens (including phenoxy) is 2. The van der Waals surface area contributed by atoms with E-state index < -0.39 is 6.09 Å². The van der Waals surface area contributed by atoms with Crippen LogP contribution in [0.3, 0.4) is 0 Å². The summed E-state index contributed by atoms with van der Waals surface area (Å²) in [5.74, 6) is -0.329. The van der Waals surface area contributed by atoms with Gasteiger partial charge in [0.2, 0.25) is 6.79 Å². The molecule has 7 heteroatoms. The van der Waals surface area contributed by atoms with Crippen LogP contribution in [0.1, 0.15) is 108 Å². The van der Waals surface area contributed by atoms with Gasteiger partial charge < -0.3 is 19.4 Å². The smallest absolute Gasteiger partial charge is 0.412 e. The van der Waals surface area contributed by atoms with Gasteiger partial charge >= 0.3 is 12.1 Å². The number of nitrogens with zero attached hydrogens (tertiary/aromatic N) is 1. The van der Waals surface area contributed by atoms with E-state index in [2.05, 4.69) is 36.2 Å². The molecule has 1 fully saturated rings. The number of aromatic amines is 1. The van der Waals surface area contributed by atoms with Gasteiger partial charge in [-0.05, 0) is 81.0 Å². The van der Waals surface area contributed by atoms with Crippen LogP contribution in [0, 0.1) is 5.82 Å². The Labute approximate surface area is 239 Å². The third-order valence-corrected chi connectivity index (χ3v) is 7.60. The molecule has 1 aromatic heterocycles. The van der Waals surface area contributed by atoms with Crippen molar-refractivity contribution in [1.82, 2.24) is 9.88 Å². The number of rotatable bonds is 17. The minimum absolute atomic E-state index is 0.251. The number of piperidine rings is 1. The highest BCUT2D eigenvalue weighted by Gasteiger charge is 2.26. The summed E-state index contributed by atoms with van der Waals surface area (Å²) < 4.78 is 24.0. The van der Waals surface area contributed by atoms with Gasteiger partial charge in [-0.3, -0.25) is 4.79 Å². The molecule has 2 aromatic rings. The van der Waals surface area contributed by atoms with E-state index in [0.29, 0.717) is 19.5 Å². The summed E-state index contributed by atoms with van der Waals surface area (Å²) in [5.41, 5.74) is 2.00. The molecule has 0 spiro atoms. The first-order chi connectivity index (χ1) is 19.6. The number of hydrogen-bond donors (Lipinski definition) is 1. The summed E-state index contributed by atoms with van der Waals surface area (Å²) in [6, 6.07) is 4.76. The standard InChI is InChI=1S/C33H47FN2O4/c1-2-3-4-5-6-7-8-9-10-11-12-13-14-15-16-17-32(37)39-26-40-33(38)36-22-20-27(21-23-36)30-25-35-31-19-18-28(34)24-29(30)31/h6-7,9-10,18-19,24-25,27,35H,2-5,8,11-17,20-23,26H2,1H3/b7-6-,10-9-. The summed E-state index contributed by atoms with van der Waals surface area (Å²) >= 11 is 0. The maximum Gasteiger partial charge on any atom is 0.412 e. The van der Waals surface area contributed by atoms with E-state index >= 15 is 0 Å². The molecule has 0 unspecified atom stereocenters. The predicted octanol–water partition coefficient (Wildman–Crippen LogP) is 8.94. The molecule has 3 rings (SSSR count). The van der Waals surface area contributed by atoms with Gasteiger partial charge in [-0.1, -0.05) is 63.3 Å². The van der Waals surface area contributed by atoms with Crippen molar-refractivity contribution < 1.29 is 23.5 Å². The van der Waals surface area contributed by atoms with Crippen molar-refractivity contribution in [3.8, 4) is 0 Å². The molecule has 0 radical (unpaired) electrons. The van der Waals surface area contributed by atoms with Crippen molar-refractivity contribution in [3.05, 3.63) is 60.1 Å². The summed E-state index contributed by atoms with van der Waals surface area (Å²) in [7, 11) is 0. The van der Waals surface area contributed by atoms with E-state index in [1.54, 1.807) is 17.0 Å². The highest BCUT2D eigenvalue weighted by molar-refractivity contribution is 5.83. The number of H-pyrrole nitrogens is 1. The van der Waals surface area contributed by atoms with Gasteiger partial charge in [0.1, 0.15) is 5.82 Å². The molecule has 1 aliphatic rings. The molecule has 1 saturated heterocycles. The van der Waals surface area contributed by atoms with Gasteiger partial charge in [-0.15, -0.1) is 0 Å². The number of esters is 1. The quantitative estimate of drug-likeness (QED) is 0.0917. The first kappa shape index (κ1) is 31.4. The van der Waals surface area contributed by atoms with Gasteiger partial charge in [0.05, 0.1) is 0 Å². The van der Waals surface area contributed by atoms with E-state index in [0.717, 1.165) is 67.8 Å². The topological polar surface area (TPSA) is 71.6 Å². The molecular formula is C33H47FN2O4. The zero-order valence-corrected chi connectivity index (χ0v) is 24.2. The van der Waals surface area contributed by atoms with Crippen LogP contribution in [0.25, 0.3) is 10.9 Å². The maximum absolute atomic E-state index is 13.7. The van der Waals surface area contributed by atoms with Crippen molar-refractivity contribution in [2.45, 2.75) is 103 Å². The first-order valence-corrected chi connectivity index (χ1v) is 15.2. The summed E-state index contributed by atoms with van der Waals surface area (Å²) in [6.07, 6.45) is 24.9. The Morgan fingerprint density at radius 1 is 0.950 bits per heavy atom. The average molecular weight is 555 g/mol. The zero-order valence-electron chi connectivity index (χ0n) is 24.2. The normalized spacial score (nSPS) is 14.5. The highest BCUT2D eigenvalue weighted by Crippen LogP contribution is 2.33. The molecule has 1 aliphatic heterocycles. The van der Waals surface area contributed by atoms with Crippen LogP contribution < -0.4 is 0 Å². The van der Waals surface area contributed by atoms with Crippen LogP contribution >= 0.6 is 0 Å². The van der Waals surface area contributed by atoms with E-state index in [9.17, 15) is 14.0 Å². The van der Waals surface area contributed by atoms with Crippen molar-refractivity contribution in [3.63, 3.8) is 0 Å². The van der Waals surface area contributed by atoms with E-state index in [1.165, 1.54) is 38.2 Å². The molecule has 2 heterocycles. The van der Waals surface area contributed by atoms with Gasteiger partial charge in [0, 0.05) is 36.6 Å². The number of carbonyl (C=O) groups excluding carboxylic acids is 2. The fourth-order valence-electron chi connectivity index (χ4n) is 5.22. The number of likely N-dealkylation sites (tertiary alicyclic amines) is 1. The number of halogens is 1. The average Bonchev–Trinajstić information content (AvgIpc) is 3.38. The van der Waals surface area contributed by atoms with Gasteiger partial charge in [0.25, 0.3) is 0 Å². The van der Waals surface area contributed by atoms with Crippen molar-refractivity contribution in [2.75, 3.05) is 19.9 Å². The molecule has 0 saturated carbocycles. The Kier molecular flexibility index (Phi) is 14.4. The number of fused-ring (bicyclic) bond motifs is 1. The molecule has 6 nitrogen and oxygen atoms in total. The molecule has 220 valence electrons. The Hall–Kier alpha value is -3.09. The third-order valence-electron chi connectivity index (χ3n) is 7.60. The number of allylic oxidation sites excluding steroid dienone is 4. The van der Waals surface area contributed by atoms with E-state index in [-0.39, 0.29) is 24.5 Å². The summed E-state index contributed by atoms with van der Waals surface area (Å²) in [4.78, 5) is 29.2. The molecule has 1 aromatic carbocycles. The Balaban J connectivity index is 1.16. The molecule has 0 atom stereocenters. The summed E-state index contributed by atoms with van der Waals surface area (Å²) in [6.45, 7) is 2.98. The van der Waals surface area contributed by atoms with Crippen LogP contribution in [-0.2, 0) is 14.3 Å². The maximum atomic E-state index is 13.7. The number of amides is 1. The number of aromatic nitrogens is 1. The lowest BCUT2D eigenvalue weighted by Gasteiger charge is -2.31. The SMILES string of the molecule is CCCCC/C=C\C/C=C\CCCCCCCC(=O)OCOC(=O)N1CCC(c2c[nH]c3ccc(F)cc23)CC1.